The minimum atomic E-state index is 0.0463. The monoisotopic (exact) mass is 378 g/mol. The number of rotatable bonds is 4. The van der Waals surface area contributed by atoms with Gasteiger partial charge in [-0.2, -0.15) is 4.98 Å². The number of halogens is 1. The molecule has 1 aliphatic heterocycles. The van der Waals surface area contributed by atoms with Crippen LogP contribution in [0.25, 0.3) is 0 Å². The van der Waals surface area contributed by atoms with Crippen molar-refractivity contribution >= 4 is 33.4 Å². The molecule has 0 saturated carbocycles. The standard InChI is InChI=1S/C16H19BrN4O2/c1-10-8-11(5-6-13(10)22)19-16-18-9-12(17)15(20-16)21(2)14-4-3-7-23-14/h5-6,8-9,14,22H,3-4,7H2,1-2H3,(H,18,19,20). The van der Waals surface area contributed by atoms with Crippen LogP contribution >= 0.6 is 15.9 Å². The maximum absolute atomic E-state index is 9.60. The maximum Gasteiger partial charge on any atom is 0.229 e. The third-order valence-corrected chi connectivity index (χ3v) is 4.41. The van der Waals surface area contributed by atoms with Crippen LogP contribution in [0.1, 0.15) is 18.4 Å². The first-order valence-corrected chi connectivity index (χ1v) is 8.27. The zero-order valence-electron chi connectivity index (χ0n) is 13.1. The van der Waals surface area contributed by atoms with E-state index in [0.29, 0.717) is 5.95 Å². The first-order valence-electron chi connectivity index (χ1n) is 7.48. The average Bonchev–Trinajstić information content (AvgIpc) is 3.06. The first-order chi connectivity index (χ1) is 11.0. The van der Waals surface area contributed by atoms with Crippen molar-refractivity contribution in [3.05, 3.63) is 34.4 Å². The van der Waals surface area contributed by atoms with E-state index in [1.165, 1.54) is 0 Å². The van der Waals surface area contributed by atoms with Crippen LogP contribution in [0.5, 0.6) is 5.75 Å². The zero-order valence-corrected chi connectivity index (χ0v) is 14.7. The smallest absolute Gasteiger partial charge is 0.229 e. The van der Waals surface area contributed by atoms with Crippen LogP contribution in [0, 0.1) is 6.92 Å². The van der Waals surface area contributed by atoms with Gasteiger partial charge in [-0.15, -0.1) is 0 Å². The van der Waals surface area contributed by atoms with Crippen molar-refractivity contribution < 1.29 is 9.84 Å². The Morgan fingerprint density at radius 1 is 1.43 bits per heavy atom. The highest BCUT2D eigenvalue weighted by Crippen LogP contribution is 2.29. The molecule has 7 heteroatoms. The SMILES string of the molecule is Cc1cc(Nc2ncc(Br)c(N(C)C3CCCO3)n2)ccc1O. The molecule has 6 nitrogen and oxygen atoms in total. The minimum absolute atomic E-state index is 0.0463. The summed E-state index contributed by atoms with van der Waals surface area (Å²) in [4.78, 5) is 10.9. The van der Waals surface area contributed by atoms with Gasteiger partial charge < -0.3 is 20.1 Å². The number of nitrogens with one attached hydrogen (secondary N) is 1. The molecule has 0 radical (unpaired) electrons. The maximum atomic E-state index is 9.60. The highest BCUT2D eigenvalue weighted by atomic mass is 79.9. The van der Waals surface area contributed by atoms with Gasteiger partial charge in [0.05, 0.1) is 4.47 Å². The summed E-state index contributed by atoms with van der Waals surface area (Å²) in [6.07, 6.45) is 3.83. The molecule has 1 aromatic heterocycles. The van der Waals surface area contributed by atoms with E-state index < -0.39 is 0 Å². The van der Waals surface area contributed by atoms with Crippen LogP contribution < -0.4 is 10.2 Å². The zero-order chi connectivity index (χ0) is 16.4. The number of phenols is 1. The lowest BCUT2D eigenvalue weighted by molar-refractivity contribution is 0.111. The molecule has 0 aliphatic carbocycles. The number of phenolic OH excluding ortho intramolecular Hbond substituents is 1. The molecule has 2 aromatic rings. The van der Waals surface area contributed by atoms with Crippen molar-refractivity contribution in [1.82, 2.24) is 9.97 Å². The third-order valence-electron chi connectivity index (χ3n) is 3.85. The Kier molecular flexibility index (Phi) is 4.68. The van der Waals surface area contributed by atoms with Crippen molar-refractivity contribution in [2.75, 3.05) is 23.9 Å². The molecule has 1 atom stereocenters. The highest BCUT2D eigenvalue weighted by molar-refractivity contribution is 9.10. The number of hydrogen-bond acceptors (Lipinski definition) is 6. The van der Waals surface area contributed by atoms with E-state index in [1.807, 2.05) is 24.9 Å². The summed E-state index contributed by atoms with van der Waals surface area (Å²) >= 11 is 3.50. The lowest BCUT2D eigenvalue weighted by Crippen LogP contribution is -2.31. The summed E-state index contributed by atoms with van der Waals surface area (Å²) in [7, 11) is 1.97. The Balaban J connectivity index is 1.83. The molecule has 122 valence electrons. The predicted molar refractivity (Wildman–Crippen MR) is 93.2 cm³/mol. The third kappa shape index (κ3) is 3.56. The fourth-order valence-electron chi connectivity index (χ4n) is 2.53. The van der Waals surface area contributed by atoms with Gasteiger partial charge in [0.1, 0.15) is 17.8 Å². The molecule has 1 fully saturated rings. The molecule has 0 bridgehead atoms. The van der Waals surface area contributed by atoms with Gasteiger partial charge in [-0.3, -0.25) is 0 Å². The molecule has 1 unspecified atom stereocenters. The van der Waals surface area contributed by atoms with E-state index in [0.717, 1.165) is 41.0 Å². The summed E-state index contributed by atoms with van der Waals surface area (Å²) < 4.78 is 6.53. The number of benzene rings is 1. The van der Waals surface area contributed by atoms with Crippen molar-refractivity contribution in [1.29, 1.82) is 0 Å². The minimum Gasteiger partial charge on any atom is -0.508 e. The number of aryl methyl sites for hydroxylation is 1. The quantitative estimate of drug-likeness (QED) is 0.792. The Labute approximate surface area is 143 Å². The van der Waals surface area contributed by atoms with Crippen LogP contribution in [0.15, 0.2) is 28.9 Å². The molecular weight excluding hydrogens is 360 g/mol. The fourth-order valence-corrected chi connectivity index (χ4v) is 3.00. The van der Waals surface area contributed by atoms with Crippen LogP contribution in [-0.2, 0) is 4.74 Å². The normalized spacial score (nSPS) is 17.3. The van der Waals surface area contributed by atoms with Gasteiger partial charge in [0.15, 0.2) is 0 Å². The van der Waals surface area contributed by atoms with E-state index in [-0.39, 0.29) is 12.0 Å². The molecule has 2 N–H and O–H groups in total. The Morgan fingerprint density at radius 2 is 2.26 bits per heavy atom. The Morgan fingerprint density at radius 3 is 2.96 bits per heavy atom. The second kappa shape index (κ2) is 6.72. The van der Waals surface area contributed by atoms with Crippen molar-refractivity contribution in [3.63, 3.8) is 0 Å². The van der Waals surface area contributed by atoms with Gasteiger partial charge >= 0.3 is 0 Å². The van der Waals surface area contributed by atoms with E-state index in [9.17, 15) is 5.11 Å². The molecular formula is C16H19BrN4O2. The number of anilines is 3. The summed E-state index contributed by atoms with van der Waals surface area (Å²) in [5, 5.41) is 12.8. The fraction of sp³-hybridized carbons (Fsp3) is 0.375. The van der Waals surface area contributed by atoms with Gasteiger partial charge in [0.2, 0.25) is 5.95 Å². The van der Waals surface area contributed by atoms with Crippen LogP contribution in [0.3, 0.4) is 0 Å². The summed E-state index contributed by atoms with van der Waals surface area (Å²) in [5.74, 6) is 1.55. The number of nitrogens with zero attached hydrogens (tertiary/aromatic N) is 3. The number of ether oxygens (including phenoxy) is 1. The van der Waals surface area contributed by atoms with Gasteiger partial charge in [-0.05, 0) is 59.5 Å². The second-order valence-corrected chi connectivity index (χ2v) is 6.42. The average molecular weight is 379 g/mol. The summed E-state index contributed by atoms with van der Waals surface area (Å²) in [6, 6.07) is 5.29. The Bertz CT molecular complexity index is 704. The van der Waals surface area contributed by atoms with E-state index in [4.69, 9.17) is 4.74 Å². The molecule has 3 rings (SSSR count). The summed E-state index contributed by atoms with van der Waals surface area (Å²) in [6.45, 7) is 2.63. The van der Waals surface area contributed by atoms with Gasteiger partial charge in [-0.25, -0.2) is 4.98 Å². The van der Waals surface area contributed by atoms with Gasteiger partial charge in [0.25, 0.3) is 0 Å². The molecule has 2 heterocycles. The number of hydrogen-bond donors (Lipinski definition) is 2. The molecule has 0 amide bonds. The number of aromatic nitrogens is 2. The number of aromatic hydroxyl groups is 1. The Hall–Kier alpha value is -1.86. The molecule has 23 heavy (non-hydrogen) atoms. The lowest BCUT2D eigenvalue weighted by atomic mass is 10.2. The van der Waals surface area contributed by atoms with Crippen LogP contribution in [-0.4, -0.2) is 35.0 Å². The van der Waals surface area contributed by atoms with Gasteiger partial charge in [-0.1, -0.05) is 0 Å². The van der Waals surface area contributed by atoms with Crippen LogP contribution in [0.2, 0.25) is 0 Å². The van der Waals surface area contributed by atoms with Crippen LogP contribution in [0.4, 0.5) is 17.5 Å². The molecule has 1 aromatic carbocycles. The van der Waals surface area contributed by atoms with E-state index in [1.54, 1.807) is 18.3 Å². The largest absolute Gasteiger partial charge is 0.508 e. The second-order valence-electron chi connectivity index (χ2n) is 5.57. The van der Waals surface area contributed by atoms with E-state index >= 15 is 0 Å². The topological polar surface area (TPSA) is 70.5 Å². The summed E-state index contributed by atoms with van der Waals surface area (Å²) in [5.41, 5.74) is 1.62. The highest BCUT2D eigenvalue weighted by Gasteiger charge is 2.23. The first kappa shape index (κ1) is 16.0. The van der Waals surface area contributed by atoms with Gasteiger partial charge in [0, 0.05) is 25.5 Å². The molecule has 1 saturated heterocycles. The molecule has 0 spiro atoms. The van der Waals surface area contributed by atoms with Crippen molar-refractivity contribution in [2.45, 2.75) is 26.0 Å². The predicted octanol–water partition coefficient (Wildman–Crippen LogP) is 3.57. The van der Waals surface area contributed by atoms with Crippen molar-refractivity contribution in [2.24, 2.45) is 0 Å². The van der Waals surface area contributed by atoms with Crippen molar-refractivity contribution in [3.8, 4) is 5.75 Å². The molecule has 1 aliphatic rings. The lowest BCUT2D eigenvalue weighted by Gasteiger charge is -2.25. The van der Waals surface area contributed by atoms with E-state index in [2.05, 4.69) is 31.2 Å².